The van der Waals surface area contributed by atoms with Crippen molar-refractivity contribution in [2.75, 3.05) is 18.9 Å². The fraction of sp³-hybridized carbons (Fsp3) is 0.368. The molecule has 1 aliphatic heterocycles. The molecule has 0 bridgehead atoms. The average Bonchev–Trinajstić information content (AvgIpc) is 2.58. The molecule has 1 aromatic carbocycles. The van der Waals surface area contributed by atoms with Crippen LogP contribution in [0.1, 0.15) is 33.0 Å². The third kappa shape index (κ3) is 5.54. The van der Waals surface area contributed by atoms with Crippen LogP contribution in [0.4, 0.5) is 10.2 Å². The monoisotopic (exact) mass is 415 g/mol. The zero-order chi connectivity index (χ0) is 18.7. The van der Waals surface area contributed by atoms with Crippen LogP contribution in [0.5, 0.6) is 5.88 Å². The Morgan fingerprint density at radius 3 is 2.89 bits per heavy atom. The number of carbonyl (C=O) groups is 1. The lowest BCUT2D eigenvalue weighted by Crippen LogP contribution is -2.42. The van der Waals surface area contributed by atoms with Gasteiger partial charge >= 0.3 is 2.85 Å². The number of carbonyl (C=O) groups excluding carboxylic acids is 1. The summed E-state index contributed by atoms with van der Waals surface area (Å²) in [5.41, 5.74) is 0.185. The van der Waals surface area contributed by atoms with Crippen LogP contribution in [0, 0.1) is 5.82 Å². The van der Waals surface area contributed by atoms with E-state index in [1.165, 1.54) is 12.1 Å². The van der Waals surface area contributed by atoms with Crippen LogP contribution in [0.3, 0.4) is 0 Å². The van der Waals surface area contributed by atoms with Crippen LogP contribution in [-0.4, -0.2) is 41.5 Å². The van der Waals surface area contributed by atoms with E-state index in [0.717, 1.165) is 25.5 Å². The van der Waals surface area contributed by atoms with E-state index >= 15 is 0 Å². The second kappa shape index (κ2) is 9.35. The van der Waals surface area contributed by atoms with Gasteiger partial charge in [0.15, 0.2) is 0 Å². The van der Waals surface area contributed by atoms with Gasteiger partial charge in [-0.05, 0) is 51.1 Å². The fourth-order valence-electron chi connectivity index (χ4n) is 2.93. The third-order valence-corrected chi connectivity index (χ3v) is 4.90. The molecular formula is C19H24Cl2FN3O2+2. The first kappa shape index (κ1) is 21.4. The molecule has 146 valence electrons. The Morgan fingerprint density at radius 1 is 1.41 bits per heavy atom. The minimum absolute atomic E-state index is 0. The predicted molar refractivity (Wildman–Crippen MR) is 109 cm³/mol. The van der Waals surface area contributed by atoms with Crippen molar-refractivity contribution >= 4 is 35.7 Å². The summed E-state index contributed by atoms with van der Waals surface area (Å²) in [7, 11) is 2.11. The van der Waals surface area contributed by atoms with E-state index < -0.39 is 11.7 Å². The molecule has 0 spiro atoms. The Morgan fingerprint density at radius 2 is 2.19 bits per heavy atom. The Kier molecular flexibility index (Phi) is 7.41. The van der Waals surface area contributed by atoms with Crippen molar-refractivity contribution in [3.63, 3.8) is 0 Å². The van der Waals surface area contributed by atoms with E-state index in [9.17, 15) is 9.18 Å². The van der Waals surface area contributed by atoms with Gasteiger partial charge in [-0.15, -0.1) is 12.4 Å². The molecule has 1 aliphatic rings. The van der Waals surface area contributed by atoms with Crippen LogP contribution in [-0.2, 0) is 0 Å². The SMILES string of the molecule is CC1CC(Oc2cccc(NC(=O)c3ccc(F)cc3Cl)n2)CCN1C.Cl.[H+].[H+]. The molecule has 8 heteroatoms. The van der Waals surface area contributed by atoms with E-state index in [1.54, 1.807) is 18.2 Å². The van der Waals surface area contributed by atoms with Crippen LogP contribution >= 0.6 is 24.0 Å². The maximum atomic E-state index is 13.1. The van der Waals surface area contributed by atoms with Gasteiger partial charge in [-0.25, -0.2) is 4.39 Å². The van der Waals surface area contributed by atoms with Crippen molar-refractivity contribution in [1.29, 1.82) is 0 Å². The zero-order valence-corrected chi connectivity index (χ0v) is 16.7. The molecule has 1 fully saturated rings. The largest absolute Gasteiger partial charge is 1.00 e. The number of likely N-dealkylation sites (tertiary alicyclic amines) is 1. The molecule has 2 heterocycles. The van der Waals surface area contributed by atoms with Crippen LogP contribution < -0.4 is 10.1 Å². The van der Waals surface area contributed by atoms with Gasteiger partial charge in [0.05, 0.1) is 10.6 Å². The Balaban J connectivity index is 0.00000261. The van der Waals surface area contributed by atoms with E-state index in [1.807, 2.05) is 0 Å². The van der Waals surface area contributed by atoms with E-state index in [-0.39, 0.29) is 32.0 Å². The highest BCUT2D eigenvalue weighted by Gasteiger charge is 2.24. The van der Waals surface area contributed by atoms with Gasteiger partial charge < -0.3 is 15.0 Å². The molecule has 2 atom stereocenters. The Labute approximate surface area is 172 Å². The van der Waals surface area contributed by atoms with Gasteiger partial charge in [0.25, 0.3) is 5.91 Å². The maximum Gasteiger partial charge on any atom is 1.00 e. The molecule has 2 unspecified atom stereocenters. The molecule has 1 amide bonds. The quantitative estimate of drug-likeness (QED) is 0.790. The van der Waals surface area contributed by atoms with Gasteiger partial charge in [0.2, 0.25) is 5.88 Å². The van der Waals surface area contributed by atoms with Crippen molar-refractivity contribution in [3.8, 4) is 5.88 Å². The number of pyridine rings is 1. The van der Waals surface area contributed by atoms with Crippen LogP contribution in [0.2, 0.25) is 5.02 Å². The summed E-state index contributed by atoms with van der Waals surface area (Å²) < 4.78 is 19.1. The molecule has 1 aromatic heterocycles. The van der Waals surface area contributed by atoms with Crippen LogP contribution in [0.25, 0.3) is 0 Å². The second-order valence-electron chi connectivity index (χ2n) is 6.53. The molecule has 1 N–H and O–H groups in total. The van der Waals surface area contributed by atoms with Crippen molar-refractivity contribution in [2.24, 2.45) is 0 Å². The summed E-state index contributed by atoms with van der Waals surface area (Å²) in [4.78, 5) is 19.0. The topological polar surface area (TPSA) is 54.5 Å². The maximum absolute atomic E-state index is 13.1. The highest BCUT2D eigenvalue weighted by atomic mass is 35.5. The highest BCUT2D eigenvalue weighted by Crippen LogP contribution is 2.22. The number of amides is 1. The summed E-state index contributed by atoms with van der Waals surface area (Å²) in [6, 6.07) is 9.29. The number of nitrogens with one attached hydrogen (secondary N) is 1. The molecule has 27 heavy (non-hydrogen) atoms. The summed E-state index contributed by atoms with van der Waals surface area (Å²) in [6.45, 7) is 3.15. The fourth-order valence-corrected chi connectivity index (χ4v) is 3.18. The van der Waals surface area contributed by atoms with Gasteiger partial charge in [0.1, 0.15) is 17.7 Å². The van der Waals surface area contributed by atoms with E-state index in [2.05, 4.69) is 29.2 Å². The number of halogens is 3. The molecule has 1 saturated heterocycles. The summed E-state index contributed by atoms with van der Waals surface area (Å²) in [5.74, 6) is -0.122. The minimum atomic E-state index is -0.493. The molecule has 0 radical (unpaired) electrons. The van der Waals surface area contributed by atoms with Gasteiger partial charge in [-0.3, -0.25) is 4.79 Å². The molecule has 3 rings (SSSR count). The standard InChI is InChI=1S/C19H21ClFN3O2.ClH/c1-12-10-14(8-9-24(12)2)26-18-5-3-4-17(22-18)23-19(25)15-7-6-13(21)11-16(15)20;/h3-7,11-12,14H,8-10H2,1-2H3,(H,22,23,25);1H/p+2. The van der Waals surface area contributed by atoms with Crippen molar-refractivity contribution in [3.05, 3.63) is 52.8 Å². The summed E-state index contributed by atoms with van der Waals surface area (Å²) >= 11 is 5.93. The number of anilines is 1. The predicted octanol–water partition coefficient (Wildman–Crippen LogP) is 4.63. The van der Waals surface area contributed by atoms with Crippen molar-refractivity contribution in [2.45, 2.75) is 31.9 Å². The lowest BCUT2D eigenvalue weighted by atomic mass is 10.0. The molecule has 5 nitrogen and oxygen atoms in total. The van der Waals surface area contributed by atoms with Gasteiger partial charge in [0, 0.05) is 18.7 Å². The lowest BCUT2D eigenvalue weighted by Gasteiger charge is -2.34. The first-order valence-corrected chi connectivity index (χ1v) is 8.90. The lowest BCUT2D eigenvalue weighted by molar-refractivity contribution is 0.0760. The number of piperidine rings is 1. The van der Waals surface area contributed by atoms with Crippen molar-refractivity contribution in [1.82, 2.24) is 9.88 Å². The Bertz CT molecular complexity index is 817. The Hall–Kier alpha value is -1.89. The molecule has 0 saturated carbocycles. The first-order chi connectivity index (χ1) is 12.4. The first-order valence-electron chi connectivity index (χ1n) is 8.52. The second-order valence-corrected chi connectivity index (χ2v) is 6.94. The number of ether oxygens (including phenoxy) is 1. The minimum Gasteiger partial charge on any atom is -0.474 e. The average molecular weight is 416 g/mol. The molecule has 0 aliphatic carbocycles. The van der Waals surface area contributed by atoms with Gasteiger partial charge in [-0.1, -0.05) is 17.7 Å². The highest BCUT2D eigenvalue weighted by molar-refractivity contribution is 6.34. The number of nitrogens with zero attached hydrogens (tertiary/aromatic N) is 2. The number of benzene rings is 1. The van der Waals surface area contributed by atoms with E-state index in [4.69, 9.17) is 16.3 Å². The number of hydrogen-bond acceptors (Lipinski definition) is 4. The number of aromatic nitrogens is 1. The normalized spacial score (nSPS) is 19.9. The third-order valence-electron chi connectivity index (χ3n) is 4.59. The summed E-state index contributed by atoms with van der Waals surface area (Å²) in [6.07, 6.45) is 1.97. The van der Waals surface area contributed by atoms with Crippen LogP contribution in [0.15, 0.2) is 36.4 Å². The van der Waals surface area contributed by atoms with Gasteiger partial charge in [-0.2, -0.15) is 4.98 Å². The van der Waals surface area contributed by atoms with Crippen molar-refractivity contribution < 1.29 is 16.8 Å². The van der Waals surface area contributed by atoms with E-state index in [0.29, 0.717) is 17.7 Å². The zero-order valence-electron chi connectivity index (χ0n) is 17.1. The smallest absolute Gasteiger partial charge is 0.474 e. The molecule has 2 aromatic rings. The molecular weight excluding hydrogens is 392 g/mol. The number of hydrogen-bond donors (Lipinski definition) is 1. The summed E-state index contributed by atoms with van der Waals surface area (Å²) in [5, 5.41) is 2.72. The number of rotatable bonds is 4.